The lowest BCUT2D eigenvalue weighted by Gasteiger charge is -2.32. The Morgan fingerprint density at radius 3 is 2.26 bits per heavy atom. The van der Waals surface area contributed by atoms with Crippen LogP contribution in [0.25, 0.3) is 0 Å². The van der Waals surface area contributed by atoms with Crippen molar-refractivity contribution in [2.45, 2.75) is 43.1 Å². The normalized spacial score (nSPS) is 11.9. The Morgan fingerprint density at radius 2 is 1.69 bits per heavy atom. The summed E-state index contributed by atoms with van der Waals surface area (Å²) in [6, 6.07) is 19.9. The van der Waals surface area contributed by atoms with E-state index in [-0.39, 0.29) is 17.3 Å². The number of benzene rings is 3. The van der Waals surface area contributed by atoms with E-state index in [1.165, 1.54) is 35.8 Å². The highest BCUT2D eigenvalue weighted by Crippen LogP contribution is 2.28. The van der Waals surface area contributed by atoms with Crippen LogP contribution in [0.4, 0.5) is 5.69 Å². The first-order chi connectivity index (χ1) is 18.6. The zero-order chi connectivity index (χ0) is 28.6. The fourth-order valence-corrected chi connectivity index (χ4v) is 5.90. The van der Waals surface area contributed by atoms with Crippen LogP contribution in [0, 0.1) is 6.92 Å². The lowest BCUT2D eigenvalue weighted by Crippen LogP contribution is -2.50. The quantitative estimate of drug-likeness (QED) is 0.323. The first kappa shape index (κ1) is 30.0. The molecule has 1 atom stereocenters. The molecule has 0 aromatic heterocycles. The van der Waals surface area contributed by atoms with Gasteiger partial charge in [0.25, 0.3) is 10.0 Å². The van der Waals surface area contributed by atoms with Gasteiger partial charge in [-0.2, -0.15) is 0 Å². The fourth-order valence-electron chi connectivity index (χ4n) is 4.08. The van der Waals surface area contributed by atoms with Crippen LogP contribution in [-0.2, 0) is 26.2 Å². The summed E-state index contributed by atoms with van der Waals surface area (Å²) < 4.78 is 34.4. The number of nitrogens with zero attached hydrogens (tertiary/aromatic N) is 2. The zero-order valence-electron chi connectivity index (χ0n) is 22.9. The number of aryl methyl sites for hydroxylation is 1. The van der Waals surface area contributed by atoms with Crippen LogP contribution in [0.3, 0.4) is 0 Å². The lowest BCUT2D eigenvalue weighted by molar-refractivity contribution is -0.139. The molecule has 3 aromatic rings. The Labute approximate surface area is 235 Å². The summed E-state index contributed by atoms with van der Waals surface area (Å²) in [6.45, 7) is 5.55. The highest BCUT2D eigenvalue weighted by Gasteiger charge is 2.32. The van der Waals surface area contributed by atoms with E-state index in [4.69, 9.17) is 4.74 Å². The van der Waals surface area contributed by atoms with Crippen LogP contribution in [0.1, 0.15) is 25.0 Å². The van der Waals surface area contributed by atoms with Gasteiger partial charge in [0.05, 0.1) is 17.2 Å². The van der Waals surface area contributed by atoms with E-state index >= 15 is 0 Å². The van der Waals surface area contributed by atoms with Crippen LogP contribution >= 0.6 is 11.8 Å². The molecule has 2 amide bonds. The van der Waals surface area contributed by atoms with E-state index in [0.717, 1.165) is 20.3 Å². The van der Waals surface area contributed by atoms with Gasteiger partial charge in [-0.15, -0.1) is 11.8 Å². The Hall–Kier alpha value is -3.50. The van der Waals surface area contributed by atoms with Gasteiger partial charge in [0.15, 0.2) is 0 Å². The summed E-state index contributed by atoms with van der Waals surface area (Å²) in [4.78, 5) is 28.8. The summed E-state index contributed by atoms with van der Waals surface area (Å²) in [5.74, 6) is -0.270. The van der Waals surface area contributed by atoms with E-state index in [0.29, 0.717) is 18.0 Å². The molecule has 0 aliphatic heterocycles. The maximum absolute atomic E-state index is 13.9. The van der Waals surface area contributed by atoms with Crippen molar-refractivity contribution in [1.29, 1.82) is 0 Å². The summed E-state index contributed by atoms with van der Waals surface area (Å²) in [7, 11) is -2.63. The SMILES string of the molecule is CCOc1ccc(N(CC(=O)N(Cc2cccc(C)c2)C(C)C(=O)NC)S(=O)(=O)c2ccc(SC)cc2)cc1. The molecule has 0 saturated heterocycles. The molecule has 8 nitrogen and oxygen atoms in total. The van der Waals surface area contributed by atoms with Crippen molar-refractivity contribution in [1.82, 2.24) is 10.2 Å². The topological polar surface area (TPSA) is 96.0 Å². The van der Waals surface area contributed by atoms with Crippen molar-refractivity contribution in [3.05, 3.63) is 83.9 Å². The average Bonchev–Trinajstić information content (AvgIpc) is 2.94. The van der Waals surface area contributed by atoms with Gasteiger partial charge < -0.3 is 15.0 Å². The molecule has 0 fully saturated rings. The lowest BCUT2D eigenvalue weighted by atomic mass is 10.1. The number of carbonyl (C=O) groups is 2. The summed E-state index contributed by atoms with van der Waals surface area (Å²) >= 11 is 1.50. The van der Waals surface area contributed by atoms with Gasteiger partial charge in [0, 0.05) is 18.5 Å². The van der Waals surface area contributed by atoms with Crippen molar-refractivity contribution in [3.8, 4) is 5.75 Å². The first-order valence-corrected chi connectivity index (χ1v) is 15.2. The Balaban J connectivity index is 2.03. The Bertz CT molecular complexity index is 1380. The molecule has 0 heterocycles. The standard InChI is InChI=1S/C29H35N3O5S2/c1-6-37-25-12-10-24(11-13-25)32(39(35,36)27-16-14-26(38-5)15-17-27)20-28(33)31(22(3)29(34)30-4)19-23-9-7-8-21(2)18-23/h7-18,22H,6,19-20H2,1-5H3,(H,30,34). The van der Waals surface area contributed by atoms with Crippen molar-refractivity contribution in [2.75, 3.05) is 30.8 Å². The number of likely N-dealkylation sites (N-methyl/N-ethyl adjacent to an activating group) is 1. The molecule has 0 aliphatic rings. The van der Waals surface area contributed by atoms with Gasteiger partial charge in [-0.1, -0.05) is 29.8 Å². The molecule has 0 saturated carbocycles. The van der Waals surface area contributed by atoms with E-state index in [2.05, 4.69) is 5.32 Å². The van der Waals surface area contributed by atoms with Crippen LogP contribution in [0.2, 0.25) is 0 Å². The van der Waals surface area contributed by atoms with Crippen molar-refractivity contribution < 1.29 is 22.7 Å². The minimum atomic E-state index is -4.13. The summed E-state index contributed by atoms with van der Waals surface area (Å²) in [6.07, 6.45) is 1.91. The van der Waals surface area contributed by atoms with E-state index in [1.54, 1.807) is 43.3 Å². The van der Waals surface area contributed by atoms with E-state index < -0.39 is 28.5 Å². The Morgan fingerprint density at radius 1 is 1.03 bits per heavy atom. The van der Waals surface area contributed by atoms with Gasteiger partial charge in [-0.25, -0.2) is 8.42 Å². The molecule has 0 spiro atoms. The molecule has 39 heavy (non-hydrogen) atoms. The van der Waals surface area contributed by atoms with Gasteiger partial charge >= 0.3 is 0 Å². The number of ether oxygens (including phenoxy) is 1. The summed E-state index contributed by atoms with van der Waals surface area (Å²) in [5.41, 5.74) is 2.16. The summed E-state index contributed by atoms with van der Waals surface area (Å²) in [5, 5.41) is 2.59. The van der Waals surface area contributed by atoms with Gasteiger partial charge in [0.1, 0.15) is 18.3 Å². The minimum absolute atomic E-state index is 0.0616. The monoisotopic (exact) mass is 569 g/mol. The number of sulfonamides is 1. The molecule has 1 unspecified atom stereocenters. The van der Waals surface area contributed by atoms with Crippen molar-refractivity contribution in [3.63, 3.8) is 0 Å². The molecule has 3 aromatic carbocycles. The maximum atomic E-state index is 13.9. The van der Waals surface area contributed by atoms with Crippen molar-refractivity contribution >= 4 is 39.3 Å². The Kier molecular flexibility index (Phi) is 10.4. The van der Waals surface area contributed by atoms with Gasteiger partial charge in [0.2, 0.25) is 11.8 Å². The molecule has 0 radical (unpaired) electrons. The zero-order valence-corrected chi connectivity index (χ0v) is 24.5. The van der Waals surface area contributed by atoms with Crippen LogP contribution in [-0.4, -0.2) is 57.6 Å². The number of rotatable bonds is 12. The number of carbonyl (C=O) groups excluding carboxylic acids is 2. The maximum Gasteiger partial charge on any atom is 0.264 e. The molecule has 3 rings (SSSR count). The number of anilines is 1. The van der Waals surface area contributed by atoms with Gasteiger partial charge in [-0.3, -0.25) is 13.9 Å². The third-order valence-corrected chi connectivity index (χ3v) is 8.74. The predicted octanol–water partition coefficient (Wildman–Crippen LogP) is 4.47. The molecule has 0 bridgehead atoms. The molecular formula is C29H35N3O5S2. The first-order valence-electron chi connectivity index (χ1n) is 12.6. The van der Waals surface area contributed by atoms with E-state index in [9.17, 15) is 18.0 Å². The third kappa shape index (κ3) is 7.54. The van der Waals surface area contributed by atoms with Gasteiger partial charge in [-0.05, 0) is 81.1 Å². The van der Waals surface area contributed by atoms with Crippen LogP contribution < -0.4 is 14.4 Å². The second-order valence-corrected chi connectivity index (χ2v) is 11.7. The largest absolute Gasteiger partial charge is 0.494 e. The highest BCUT2D eigenvalue weighted by atomic mass is 32.2. The number of thioether (sulfide) groups is 1. The number of hydrogen-bond donors (Lipinski definition) is 1. The second kappa shape index (κ2) is 13.5. The second-order valence-electron chi connectivity index (χ2n) is 8.92. The third-order valence-electron chi connectivity index (χ3n) is 6.21. The molecule has 0 aliphatic carbocycles. The minimum Gasteiger partial charge on any atom is -0.494 e. The number of nitrogens with one attached hydrogen (secondary N) is 1. The molecular weight excluding hydrogens is 534 g/mol. The molecule has 10 heteroatoms. The van der Waals surface area contributed by atoms with Crippen LogP contribution in [0.5, 0.6) is 5.75 Å². The predicted molar refractivity (Wildman–Crippen MR) is 156 cm³/mol. The van der Waals surface area contributed by atoms with E-state index in [1.807, 2.05) is 44.4 Å². The molecule has 1 N–H and O–H groups in total. The number of hydrogen-bond acceptors (Lipinski definition) is 6. The van der Waals surface area contributed by atoms with Crippen LogP contribution in [0.15, 0.2) is 82.6 Å². The number of amides is 2. The fraction of sp³-hybridized carbons (Fsp3) is 0.310. The smallest absolute Gasteiger partial charge is 0.264 e. The van der Waals surface area contributed by atoms with Crippen molar-refractivity contribution in [2.24, 2.45) is 0 Å². The average molecular weight is 570 g/mol. The molecule has 208 valence electrons. The highest BCUT2D eigenvalue weighted by molar-refractivity contribution is 7.98.